The maximum absolute atomic E-state index is 12.1. The molecular formula is C15H15FN2O3. The fourth-order valence-corrected chi connectivity index (χ4v) is 1.47. The molecule has 2 rings (SSSR count). The molecule has 0 saturated heterocycles. The van der Waals surface area contributed by atoms with E-state index in [4.69, 9.17) is 0 Å². The lowest BCUT2D eigenvalue weighted by molar-refractivity contribution is -0.384. The SMILES string of the molecule is Cc1ccc(F)cc1.O=CNCc1cccc([N+](=O)[O-])c1. The van der Waals surface area contributed by atoms with Crippen molar-refractivity contribution in [2.45, 2.75) is 13.5 Å². The molecule has 0 aliphatic carbocycles. The first kappa shape index (κ1) is 16.3. The van der Waals surface area contributed by atoms with Crippen LogP contribution in [0.1, 0.15) is 11.1 Å². The van der Waals surface area contributed by atoms with Gasteiger partial charge in [-0.2, -0.15) is 0 Å². The number of aryl methyl sites for hydroxylation is 1. The molecule has 0 unspecified atom stereocenters. The lowest BCUT2D eigenvalue weighted by Gasteiger charge is -1.98. The van der Waals surface area contributed by atoms with E-state index in [0.29, 0.717) is 18.5 Å². The third-order valence-electron chi connectivity index (χ3n) is 2.52. The highest BCUT2D eigenvalue weighted by Gasteiger charge is 2.04. The molecule has 0 bridgehead atoms. The van der Waals surface area contributed by atoms with Gasteiger partial charge in [0.2, 0.25) is 6.41 Å². The lowest BCUT2D eigenvalue weighted by Crippen LogP contribution is -2.09. The van der Waals surface area contributed by atoms with Gasteiger partial charge in [-0.15, -0.1) is 0 Å². The molecule has 0 heterocycles. The molecule has 0 aliphatic rings. The minimum absolute atomic E-state index is 0.0326. The van der Waals surface area contributed by atoms with E-state index in [1.54, 1.807) is 24.3 Å². The molecule has 1 amide bonds. The number of nitro groups is 1. The van der Waals surface area contributed by atoms with Crippen LogP contribution >= 0.6 is 0 Å². The Morgan fingerprint density at radius 1 is 1.24 bits per heavy atom. The molecule has 110 valence electrons. The van der Waals surface area contributed by atoms with Crippen molar-refractivity contribution in [2.75, 3.05) is 0 Å². The van der Waals surface area contributed by atoms with E-state index in [-0.39, 0.29) is 11.5 Å². The van der Waals surface area contributed by atoms with Crippen molar-refractivity contribution in [3.05, 3.63) is 75.6 Å². The summed E-state index contributed by atoms with van der Waals surface area (Å²) < 4.78 is 12.1. The number of amides is 1. The van der Waals surface area contributed by atoms with Gasteiger partial charge < -0.3 is 5.32 Å². The van der Waals surface area contributed by atoms with E-state index in [1.807, 2.05) is 6.92 Å². The average Bonchev–Trinajstić information content (AvgIpc) is 2.49. The van der Waals surface area contributed by atoms with Crippen LogP contribution in [0.4, 0.5) is 10.1 Å². The summed E-state index contributed by atoms with van der Waals surface area (Å²) in [7, 11) is 0. The zero-order valence-corrected chi connectivity index (χ0v) is 11.5. The van der Waals surface area contributed by atoms with Crippen LogP contribution in [0.2, 0.25) is 0 Å². The highest BCUT2D eigenvalue weighted by molar-refractivity contribution is 5.46. The molecule has 5 nitrogen and oxygen atoms in total. The highest BCUT2D eigenvalue weighted by Crippen LogP contribution is 2.12. The number of carbonyl (C=O) groups excluding carboxylic acids is 1. The standard InChI is InChI=1S/C8H8N2O3.C7H7F/c11-6-9-5-7-2-1-3-8(4-7)10(12)13;1-6-2-4-7(8)5-3-6/h1-4,6H,5H2,(H,9,11);2-5H,1H3. The molecule has 0 spiro atoms. The van der Waals surface area contributed by atoms with Crippen molar-refractivity contribution < 1.29 is 14.1 Å². The summed E-state index contributed by atoms with van der Waals surface area (Å²) in [5.41, 5.74) is 1.83. The molecule has 0 fully saturated rings. The predicted molar refractivity (Wildman–Crippen MR) is 77.1 cm³/mol. The molecule has 0 aliphatic heterocycles. The van der Waals surface area contributed by atoms with Crippen LogP contribution in [0, 0.1) is 22.9 Å². The molecular weight excluding hydrogens is 275 g/mol. The Labute approximate surface area is 121 Å². The second kappa shape index (κ2) is 8.42. The van der Waals surface area contributed by atoms with Crippen LogP contribution < -0.4 is 5.32 Å². The average molecular weight is 290 g/mol. The van der Waals surface area contributed by atoms with Gasteiger partial charge >= 0.3 is 0 Å². The zero-order chi connectivity index (χ0) is 15.7. The van der Waals surface area contributed by atoms with Gasteiger partial charge in [-0.1, -0.05) is 29.8 Å². The number of carbonyl (C=O) groups is 1. The van der Waals surface area contributed by atoms with Gasteiger partial charge in [-0.3, -0.25) is 14.9 Å². The maximum atomic E-state index is 12.1. The van der Waals surface area contributed by atoms with E-state index >= 15 is 0 Å². The molecule has 0 saturated carbocycles. The molecule has 0 atom stereocenters. The minimum Gasteiger partial charge on any atom is -0.355 e. The van der Waals surface area contributed by atoms with Crippen LogP contribution in [0.25, 0.3) is 0 Å². The minimum atomic E-state index is -0.468. The maximum Gasteiger partial charge on any atom is 0.269 e. The first-order valence-electron chi connectivity index (χ1n) is 6.15. The predicted octanol–water partition coefficient (Wildman–Crippen LogP) is 2.97. The largest absolute Gasteiger partial charge is 0.355 e. The van der Waals surface area contributed by atoms with E-state index < -0.39 is 4.92 Å². The van der Waals surface area contributed by atoms with Crippen molar-refractivity contribution in [3.8, 4) is 0 Å². The summed E-state index contributed by atoms with van der Waals surface area (Å²) in [5.74, 6) is -0.171. The normalized spacial score (nSPS) is 9.24. The fourth-order valence-electron chi connectivity index (χ4n) is 1.47. The van der Waals surface area contributed by atoms with Crippen molar-refractivity contribution in [2.24, 2.45) is 0 Å². The first-order chi connectivity index (χ1) is 10.0. The molecule has 2 aromatic carbocycles. The zero-order valence-electron chi connectivity index (χ0n) is 11.5. The van der Waals surface area contributed by atoms with Crippen LogP contribution in [-0.4, -0.2) is 11.3 Å². The van der Waals surface area contributed by atoms with Crippen molar-refractivity contribution >= 4 is 12.1 Å². The third-order valence-corrected chi connectivity index (χ3v) is 2.52. The monoisotopic (exact) mass is 290 g/mol. The molecule has 0 aromatic heterocycles. The Morgan fingerprint density at radius 2 is 1.90 bits per heavy atom. The van der Waals surface area contributed by atoms with Crippen LogP contribution in [-0.2, 0) is 11.3 Å². The fraction of sp³-hybridized carbons (Fsp3) is 0.133. The van der Waals surface area contributed by atoms with Gasteiger partial charge in [-0.05, 0) is 24.6 Å². The summed E-state index contributed by atoms with van der Waals surface area (Å²) in [6.45, 7) is 2.24. The van der Waals surface area contributed by atoms with Crippen molar-refractivity contribution in [1.29, 1.82) is 0 Å². The number of non-ortho nitro benzene ring substituents is 1. The van der Waals surface area contributed by atoms with Gasteiger partial charge in [0, 0.05) is 18.7 Å². The smallest absolute Gasteiger partial charge is 0.269 e. The van der Waals surface area contributed by atoms with E-state index in [1.165, 1.54) is 24.3 Å². The van der Waals surface area contributed by atoms with E-state index in [9.17, 15) is 19.3 Å². The Hall–Kier alpha value is -2.76. The molecule has 6 heteroatoms. The summed E-state index contributed by atoms with van der Waals surface area (Å²) >= 11 is 0. The second-order valence-corrected chi connectivity index (χ2v) is 4.22. The number of nitrogens with one attached hydrogen (secondary N) is 1. The molecule has 1 N–H and O–H groups in total. The van der Waals surface area contributed by atoms with Crippen LogP contribution in [0.5, 0.6) is 0 Å². The Balaban J connectivity index is 0.000000235. The topological polar surface area (TPSA) is 72.2 Å². The van der Waals surface area contributed by atoms with Crippen LogP contribution in [0.3, 0.4) is 0 Å². The number of hydrogen-bond donors (Lipinski definition) is 1. The van der Waals surface area contributed by atoms with Crippen molar-refractivity contribution in [3.63, 3.8) is 0 Å². The Kier molecular flexibility index (Phi) is 6.53. The number of nitro benzene ring substituents is 1. The van der Waals surface area contributed by atoms with Crippen molar-refractivity contribution in [1.82, 2.24) is 5.32 Å². The summed E-state index contributed by atoms with van der Waals surface area (Å²) in [5, 5.41) is 12.8. The number of rotatable bonds is 4. The Bertz CT molecular complexity index is 579. The number of nitrogens with zero attached hydrogens (tertiary/aromatic N) is 1. The number of hydrogen-bond acceptors (Lipinski definition) is 3. The second-order valence-electron chi connectivity index (χ2n) is 4.22. The molecule has 21 heavy (non-hydrogen) atoms. The van der Waals surface area contributed by atoms with Gasteiger partial charge in [0.05, 0.1) is 4.92 Å². The van der Waals surface area contributed by atoms with Crippen LogP contribution in [0.15, 0.2) is 48.5 Å². The lowest BCUT2D eigenvalue weighted by atomic mass is 10.2. The van der Waals surface area contributed by atoms with E-state index in [2.05, 4.69) is 5.32 Å². The summed E-state index contributed by atoms with van der Waals surface area (Å²) in [6.07, 6.45) is 0.554. The number of benzene rings is 2. The van der Waals surface area contributed by atoms with Gasteiger partial charge in [-0.25, -0.2) is 4.39 Å². The van der Waals surface area contributed by atoms with Gasteiger partial charge in [0.15, 0.2) is 0 Å². The summed E-state index contributed by atoms with van der Waals surface area (Å²) in [4.78, 5) is 19.8. The number of halogens is 1. The van der Waals surface area contributed by atoms with Gasteiger partial charge in [0.1, 0.15) is 5.82 Å². The highest BCUT2D eigenvalue weighted by atomic mass is 19.1. The quantitative estimate of drug-likeness (QED) is 0.534. The Morgan fingerprint density at radius 3 is 2.43 bits per heavy atom. The van der Waals surface area contributed by atoms with Gasteiger partial charge in [0.25, 0.3) is 5.69 Å². The first-order valence-corrected chi connectivity index (χ1v) is 6.15. The summed E-state index contributed by atoms with van der Waals surface area (Å²) in [6, 6.07) is 12.5. The van der Waals surface area contributed by atoms with E-state index in [0.717, 1.165) is 5.56 Å². The molecule has 0 radical (unpaired) electrons. The third kappa shape index (κ3) is 6.29. The molecule has 2 aromatic rings.